The maximum Gasteiger partial charge on any atom is 0.256 e. The number of amides is 1. The van der Waals surface area contributed by atoms with Gasteiger partial charge in [-0.15, -0.1) is 0 Å². The quantitative estimate of drug-likeness (QED) is 0.917. The Morgan fingerprint density at radius 2 is 2.17 bits per heavy atom. The lowest BCUT2D eigenvalue weighted by atomic mass is 10.1. The molecule has 1 saturated carbocycles. The van der Waals surface area contributed by atoms with E-state index in [1.54, 1.807) is 13.3 Å². The van der Waals surface area contributed by atoms with E-state index in [9.17, 15) is 4.79 Å². The van der Waals surface area contributed by atoms with Crippen molar-refractivity contribution in [1.29, 1.82) is 0 Å². The Morgan fingerprint density at radius 1 is 1.33 bits per heavy atom. The van der Waals surface area contributed by atoms with Gasteiger partial charge in [0.2, 0.25) is 0 Å². The van der Waals surface area contributed by atoms with Crippen molar-refractivity contribution in [3.63, 3.8) is 0 Å². The summed E-state index contributed by atoms with van der Waals surface area (Å²) in [5, 5.41) is 3.94. The van der Waals surface area contributed by atoms with Crippen LogP contribution in [0.15, 0.2) is 30.5 Å². The van der Waals surface area contributed by atoms with Gasteiger partial charge in [0.05, 0.1) is 12.6 Å². The summed E-state index contributed by atoms with van der Waals surface area (Å²) in [6.45, 7) is 3.00. The topological polar surface area (TPSA) is 54.5 Å². The maximum absolute atomic E-state index is 12.6. The lowest BCUT2D eigenvalue weighted by Gasteiger charge is -2.16. The highest BCUT2D eigenvalue weighted by Crippen LogP contribution is 2.32. The lowest BCUT2D eigenvalue weighted by molar-refractivity contribution is 0.0944. The molecular weight excluding hydrogens is 302 g/mol. The summed E-state index contributed by atoms with van der Waals surface area (Å²) < 4.78 is 5.50. The molecule has 4 rings (SSSR count). The van der Waals surface area contributed by atoms with E-state index in [2.05, 4.69) is 15.2 Å². The standard InChI is InChI=1S/C19H23N3O2/c1-24-18-15-4-2-3-5-17(15)20-11-16(18)19(23)21-10-13-8-9-22(12-13)14-6-7-14/h2-5,11,13-14H,6-10,12H2,1H3,(H,21,23). The van der Waals surface area contributed by atoms with Gasteiger partial charge in [0.15, 0.2) is 0 Å². The molecule has 2 aliphatic rings. The van der Waals surface area contributed by atoms with Crippen LogP contribution in [0.25, 0.3) is 10.9 Å². The van der Waals surface area contributed by atoms with Crippen LogP contribution in [0.1, 0.15) is 29.6 Å². The average molecular weight is 325 g/mol. The van der Waals surface area contributed by atoms with Crippen LogP contribution in [0.3, 0.4) is 0 Å². The Balaban J connectivity index is 1.45. The van der Waals surface area contributed by atoms with Gasteiger partial charge in [-0.25, -0.2) is 0 Å². The highest BCUT2D eigenvalue weighted by Gasteiger charge is 2.34. The second-order valence-electron chi connectivity index (χ2n) is 6.81. The second kappa shape index (κ2) is 6.40. The molecule has 1 saturated heterocycles. The van der Waals surface area contributed by atoms with Crippen molar-refractivity contribution < 1.29 is 9.53 Å². The van der Waals surface area contributed by atoms with Crippen molar-refractivity contribution in [2.24, 2.45) is 5.92 Å². The Bertz CT molecular complexity index is 757. The number of ether oxygens (including phenoxy) is 1. The molecule has 2 heterocycles. The predicted molar refractivity (Wildman–Crippen MR) is 93.3 cm³/mol. The molecule has 2 aromatic rings. The number of hydrogen-bond acceptors (Lipinski definition) is 4. The first kappa shape index (κ1) is 15.4. The number of aromatic nitrogens is 1. The maximum atomic E-state index is 12.6. The van der Waals surface area contributed by atoms with E-state index in [1.807, 2.05) is 24.3 Å². The smallest absolute Gasteiger partial charge is 0.256 e. The number of carbonyl (C=O) groups excluding carboxylic acids is 1. The van der Waals surface area contributed by atoms with Gasteiger partial charge in [-0.05, 0) is 43.9 Å². The first-order valence-corrected chi connectivity index (χ1v) is 8.70. The van der Waals surface area contributed by atoms with E-state index in [1.165, 1.54) is 25.8 Å². The van der Waals surface area contributed by atoms with E-state index < -0.39 is 0 Å². The van der Waals surface area contributed by atoms with E-state index in [4.69, 9.17) is 4.74 Å². The monoisotopic (exact) mass is 325 g/mol. The summed E-state index contributed by atoms with van der Waals surface area (Å²) >= 11 is 0. The number of likely N-dealkylation sites (tertiary alicyclic amines) is 1. The molecule has 1 amide bonds. The predicted octanol–water partition coefficient (Wildman–Crippen LogP) is 2.46. The fourth-order valence-corrected chi connectivity index (χ4v) is 3.63. The highest BCUT2D eigenvalue weighted by atomic mass is 16.5. The molecule has 1 aromatic carbocycles. The van der Waals surface area contributed by atoms with Crippen LogP contribution in [0.5, 0.6) is 5.75 Å². The zero-order valence-electron chi connectivity index (χ0n) is 14.0. The average Bonchev–Trinajstić information content (AvgIpc) is 3.37. The molecule has 0 bridgehead atoms. The number of hydrogen-bond donors (Lipinski definition) is 1. The molecule has 1 aliphatic carbocycles. The zero-order valence-corrected chi connectivity index (χ0v) is 14.0. The fraction of sp³-hybridized carbons (Fsp3) is 0.474. The third-order valence-electron chi connectivity index (χ3n) is 5.11. The second-order valence-corrected chi connectivity index (χ2v) is 6.81. The van der Waals surface area contributed by atoms with Gasteiger partial charge >= 0.3 is 0 Å². The number of fused-ring (bicyclic) bond motifs is 1. The Hall–Kier alpha value is -2.14. The molecule has 2 fully saturated rings. The molecule has 5 heteroatoms. The number of carbonyl (C=O) groups is 1. The van der Waals surface area contributed by atoms with Gasteiger partial charge in [0.25, 0.3) is 5.91 Å². The van der Waals surface area contributed by atoms with E-state index in [0.29, 0.717) is 17.2 Å². The fourth-order valence-electron chi connectivity index (χ4n) is 3.63. The number of methoxy groups -OCH3 is 1. The van der Waals surface area contributed by atoms with E-state index in [-0.39, 0.29) is 5.91 Å². The van der Waals surface area contributed by atoms with Gasteiger partial charge in [0, 0.05) is 30.7 Å². The zero-order chi connectivity index (χ0) is 16.5. The highest BCUT2D eigenvalue weighted by molar-refractivity contribution is 6.02. The first-order valence-electron chi connectivity index (χ1n) is 8.70. The molecule has 5 nitrogen and oxygen atoms in total. The van der Waals surface area contributed by atoms with Crippen molar-refractivity contribution >= 4 is 16.8 Å². The summed E-state index contributed by atoms with van der Waals surface area (Å²) in [5.41, 5.74) is 1.34. The van der Waals surface area contributed by atoms with Crippen molar-refractivity contribution in [3.8, 4) is 5.75 Å². The molecule has 0 radical (unpaired) electrons. The van der Waals surface area contributed by atoms with Gasteiger partial charge in [0.1, 0.15) is 11.3 Å². The summed E-state index contributed by atoms with van der Waals surface area (Å²) in [4.78, 5) is 19.6. The van der Waals surface area contributed by atoms with Crippen molar-refractivity contribution in [2.45, 2.75) is 25.3 Å². The third-order valence-corrected chi connectivity index (χ3v) is 5.11. The molecule has 126 valence electrons. The molecular formula is C19H23N3O2. The lowest BCUT2D eigenvalue weighted by Crippen LogP contribution is -2.31. The van der Waals surface area contributed by atoms with E-state index in [0.717, 1.165) is 30.0 Å². The van der Waals surface area contributed by atoms with Gasteiger partial charge in [-0.3, -0.25) is 9.78 Å². The molecule has 1 aliphatic heterocycles. The number of nitrogens with one attached hydrogen (secondary N) is 1. The van der Waals surface area contributed by atoms with Crippen molar-refractivity contribution in [3.05, 3.63) is 36.0 Å². The number of para-hydroxylation sites is 1. The molecule has 24 heavy (non-hydrogen) atoms. The molecule has 1 unspecified atom stereocenters. The molecule has 1 aromatic heterocycles. The molecule has 1 N–H and O–H groups in total. The van der Waals surface area contributed by atoms with Crippen molar-refractivity contribution in [1.82, 2.24) is 15.2 Å². The number of rotatable bonds is 5. The molecule has 0 spiro atoms. The summed E-state index contributed by atoms with van der Waals surface area (Å²) in [6.07, 6.45) is 5.48. The van der Waals surface area contributed by atoms with Crippen LogP contribution >= 0.6 is 0 Å². The first-order chi connectivity index (χ1) is 11.8. The van der Waals surface area contributed by atoms with Gasteiger partial charge in [-0.2, -0.15) is 0 Å². The summed E-state index contributed by atoms with van der Waals surface area (Å²) in [7, 11) is 1.60. The van der Waals surface area contributed by atoms with Crippen LogP contribution in [0.2, 0.25) is 0 Å². The Kier molecular flexibility index (Phi) is 4.10. The van der Waals surface area contributed by atoms with Crippen molar-refractivity contribution in [2.75, 3.05) is 26.7 Å². The minimum Gasteiger partial charge on any atom is -0.495 e. The Labute approximate surface area is 142 Å². The van der Waals surface area contributed by atoms with Crippen LogP contribution in [-0.4, -0.2) is 48.6 Å². The number of benzene rings is 1. The summed E-state index contributed by atoms with van der Waals surface area (Å²) in [5.74, 6) is 1.05. The third kappa shape index (κ3) is 2.96. The Morgan fingerprint density at radius 3 is 2.96 bits per heavy atom. The minimum atomic E-state index is -0.102. The summed E-state index contributed by atoms with van der Waals surface area (Å²) in [6, 6.07) is 8.53. The SMILES string of the molecule is COc1c(C(=O)NCC2CCN(C3CC3)C2)cnc2ccccc12. The van der Waals surface area contributed by atoms with Crippen LogP contribution in [0, 0.1) is 5.92 Å². The van der Waals surface area contributed by atoms with Crippen LogP contribution in [0.4, 0.5) is 0 Å². The normalized spacial score (nSPS) is 21.1. The van der Waals surface area contributed by atoms with E-state index >= 15 is 0 Å². The number of pyridine rings is 1. The number of nitrogens with zero attached hydrogens (tertiary/aromatic N) is 2. The molecule has 1 atom stereocenters. The van der Waals surface area contributed by atoms with Gasteiger partial charge in [-0.1, -0.05) is 12.1 Å². The van der Waals surface area contributed by atoms with Crippen LogP contribution < -0.4 is 10.1 Å². The van der Waals surface area contributed by atoms with Crippen LogP contribution in [-0.2, 0) is 0 Å². The minimum absolute atomic E-state index is 0.102. The largest absolute Gasteiger partial charge is 0.495 e. The van der Waals surface area contributed by atoms with Gasteiger partial charge < -0.3 is 15.0 Å².